The van der Waals surface area contributed by atoms with E-state index in [1.165, 1.54) is 12.1 Å². The maximum Gasteiger partial charge on any atom is 0.343 e. The Bertz CT molecular complexity index is 801. The summed E-state index contributed by atoms with van der Waals surface area (Å²) >= 11 is 1.16. The summed E-state index contributed by atoms with van der Waals surface area (Å²) in [6.07, 6.45) is 2.48. The van der Waals surface area contributed by atoms with Gasteiger partial charge in [0.2, 0.25) is 0 Å². The number of benzene rings is 1. The quantitative estimate of drug-likeness (QED) is 0.847. The monoisotopic (exact) mass is 369 g/mol. The zero-order valence-electron chi connectivity index (χ0n) is 14.4. The molecule has 2 rings (SSSR count). The fourth-order valence-corrected chi connectivity index (χ4v) is 3.10. The maximum absolute atomic E-state index is 14.0. The zero-order valence-corrected chi connectivity index (χ0v) is 15.2. The molecule has 0 aliphatic heterocycles. The number of methoxy groups -OCH3 is 1. The van der Waals surface area contributed by atoms with Crippen molar-refractivity contribution in [1.29, 1.82) is 0 Å². The first-order valence-electron chi connectivity index (χ1n) is 7.94. The van der Waals surface area contributed by atoms with Crippen LogP contribution in [0.1, 0.15) is 20.3 Å². The molecule has 1 heterocycles. The molecule has 1 N–H and O–H groups in total. The summed E-state index contributed by atoms with van der Waals surface area (Å²) < 4.78 is 33.9. The summed E-state index contributed by atoms with van der Waals surface area (Å²) in [6, 6.07) is 2.97. The van der Waals surface area contributed by atoms with Crippen LogP contribution in [0.3, 0.4) is 0 Å². The molecule has 0 fully saturated rings. The average molecular weight is 369 g/mol. The predicted molar refractivity (Wildman–Crippen MR) is 93.4 cm³/mol. The molecular weight excluding hydrogens is 348 g/mol. The summed E-state index contributed by atoms with van der Waals surface area (Å²) in [7, 11) is 1.57. The fourth-order valence-electron chi connectivity index (χ4n) is 2.06. The Kier molecular flexibility index (Phi) is 6.83. The third-order valence-corrected chi connectivity index (χ3v) is 4.69. The molecule has 8 heteroatoms. The number of nitrogens with one attached hydrogen (secondary N) is 1. The van der Waals surface area contributed by atoms with Crippen molar-refractivity contribution in [2.75, 3.05) is 13.7 Å². The largest absolute Gasteiger partial charge is 0.383 e. The molecule has 5 nitrogen and oxygen atoms in total. The molecule has 0 radical (unpaired) electrons. The van der Waals surface area contributed by atoms with Crippen LogP contribution >= 0.6 is 11.3 Å². The van der Waals surface area contributed by atoms with Crippen LogP contribution in [0.2, 0.25) is 0 Å². The lowest BCUT2D eigenvalue weighted by atomic mass is 10.2. The van der Waals surface area contributed by atoms with Gasteiger partial charge in [0.15, 0.2) is 4.80 Å². The van der Waals surface area contributed by atoms with Crippen LogP contribution in [0, 0.1) is 11.6 Å². The van der Waals surface area contributed by atoms with E-state index in [4.69, 9.17) is 4.74 Å². The molecule has 0 saturated heterocycles. The van der Waals surface area contributed by atoms with E-state index in [1.807, 2.05) is 13.8 Å². The molecule has 0 bridgehead atoms. The van der Waals surface area contributed by atoms with Gasteiger partial charge in [-0.2, -0.15) is 4.99 Å². The Hall–Kier alpha value is -2.06. The summed E-state index contributed by atoms with van der Waals surface area (Å²) in [5.41, 5.74) is 0.265. The van der Waals surface area contributed by atoms with Gasteiger partial charge < -0.3 is 14.6 Å². The number of thiazole rings is 1. The van der Waals surface area contributed by atoms with E-state index < -0.39 is 17.7 Å². The number of rotatable bonds is 6. The number of carbonyl (C=O) groups is 1. The molecule has 2 aromatic rings. The highest BCUT2D eigenvalue weighted by Gasteiger charge is 2.12. The van der Waals surface area contributed by atoms with Crippen LogP contribution in [0.5, 0.6) is 0 Å². The van der Waals surface area contributed by atoms with Gasteiger partial charge in [-0.25, -0.2) is 13.6 Å². The van der Waals surface area contributed by atoms with Crippen molar-refractivity contribution in [3.05, 3.63) is 40.8 Å². The average Bonchev–Trinajstić information content (AvgIpc) is 2.94. The summed E-state index contributed by atoms with van der Waals surface area (Å²) in [5.74, 6) is -1.29. The van der Waals surface area contributed by atoms with Crippen molar-refractivity contribution in [3.8, 4) is 10.4 Å². The third kappa shape index (κ3) is 5.20. The first kappa shape index (κ1) is 19.3. The van der Waals surface area contributed by atoms with Crippen LogP contribution in [0.15, 0.2) is 29.4 Å². The minimum atomic E-state index is -0.657. The molecular formula is C17H21F2N3O2S. The van der Waals surface area contributed by atoms with Crippen molar-refractivity contribution in [1.82, 2.24) is 9.88 Å². The summed E-state index contributed by atoms with van der Waals surface area (Å²) in [6.45, 7) is 4.73. The molecule has 1 aromatic heterocycles. The number of hydrogen-bond acceptors (Lipinski definition) is 3. The lowest BCUT2D eigenvalue weighted by molar-refractivity contribution is 0.186. The van der Waals surface area contributed by atoms with Crippen LogP contribution < -0.4 is 10.1 Å². The Labute approximate surface area is 149 Å². The van der Waals surface area contributed by atoms with Crippen molar-refractivity contribution >= 4 is 17.4 Å². The topological polar surface area (TPSA) is 55.6 Å². The van der Waals surface area contributed by atoms with E-state index in [9.17, 15) is 13.6 Å². The number of hydrogen-bond donors (Lipinski definition) is 1. The normalized spacial score (nSPS) is 13.1. The van der Waals surface area contributed by atoms with Gasteiger partial charge in [-0.05, 0) is 25.5 Å². The van der Waals surface area contributed by atoms with Crippen molar-refractivity contribution in [2.45, 2.75) is 32.9 Å². The van der Waals surface area contributed by atoms with Gasteiger partial charge in [0.25, 0.3) is 0 Å². The molecule has 0 spiro atoms. The zero-order chi connectivity index (χ0) is 18.4. The van der Waals surface area contributed by atoms with E-state index in [-0.39, 0.29) is 11.6 Å². The van der Waals surface area contributed by atoms with Crippen LogP contribution in [-0.2, 0) is 11.3 Å². The molecule has 0 aliphatic rings. The first-order chi connectivity index (χ1) is 11.9. The van der Waals surface area contributed by atoms with Gasteiger partial charge in [0.1, 0.15) is 11.6 Å². The molecule has 2 amide bonds. The van der Waals surface area contributed by atoms with Crippen molar-refractivity contribution in [3.63, 3.8) is 0 Å². The number of urea groups is 1. The van der Waals surface area contributed by atoms with E-state index >= 15 is 0 Å². The van der Waals surface area contributed by atoms with Crippen molar-refractivity contribution in [2.24, 2.45) is 4.99 Å². The second-order valence-corrected chi connectivity index (χ2v) is 6.57. The predicted octanol–water partition coefficient (Wildman–Crippen LogP) is 3.55. The molecule has 0 aliphatic carbocycles. The molecule has 1 atom stereocenters. The number of ether oxygens (including phenoxy) is 1. The van der Waals surface area contributed by atoms with Gasteiger partial charge in [0, 0.05) is 37.5 Å². The smallest absolute Gasteiger partial charge is 0.343 e. The Morgan fingerprint density at radius 3 is 2.84 bits per heavy atom. The van der Waals surface area contributed by atoms with Gasteiger partial charge in [0.05, 0.1) is 11.5 Å². The second-order valence-electron chi connectivity index (χ2n) is 5.56. The fraction of sp³-hybridized carbons (Fsp3) is 0.412. The third-order valence-electron chi connectivity index (χ3n) is 3.63. The van der Waals surface area contributed by atoms with E-state index in [2.05, 4.69) is 10.3 Å². The summed E-state index contributed by atoms with van der Waals surface area (Å²) in [4.78, 5) is 17.1. The molecule has 1 aromatic carbocycles. The highest BCUT2D eigenvalue weighted by Crippen LogP contribution is 2.25. The van der Waals surface area contributed by atoms with Gasteiger partial charge in [-0.1, -0.05) is 18.3 Å². The van der Waals surface area contributed by atoms with Crippen LogP contribution in [0.4, 0.5) is 13.6 Å². The molecule has 136 valence electrons. The Morgan fingerprint density at radius 2 is 2.20 bits per heavy atom. The number of amides is 2. The molecule has 1 unspecified atom stereocenters. The van der Waals surface area contributed by atoms with Gasteiger partial charge in [-0.3, -0.25) is 0 Å². The number of carbonyl (C=O) groups excluding carboxylic acids is 1. The SMILES string of the molecule is CCC(C)NC(=O)N=c1sc(-c2ccc(F)cc2F)cn1CCOC. The number of nitrogens with zero attached hydrogens (tertiary/aromatic N) is 2. The van der Waals surface area contributed by atoms with E-state index in [0.717, 1.165) is 23.8 Å². The molecule has 25 heavy (non-hydrogen) atoms. The Morgan fingerprint density at radius 1 is 1.44 bits per heavy atom. The molecule has 0 saturated carbocycles. The van der Waals surface area contributed by atoms with E-state index in [0.29, 0.717) is 22.8 Å². The van der Waals surface area contributed by atoms with Crippen LogP contribution in [0.25, 0.3) is 10.4 Å². The first-order valence-corrected chi connectivity index (χ1v) is 8.76. The van der Waals surface area contributed by atoms with Crippen LogP contribution in [-0.4, -0.2) is 30.4 Å². The minimum Gasteiger partial charge on any atom is -0.383 e. The summed E-state index contributed by atoms with van der Waals surface area (Å²) in [5, 5.41) is 2.76. The number of halogens is 2. The standard InChI is InChI=1S/C17H21F2N3O2S/c1-4-11(2)20-16(23)21-17-22(7-8-24-3)10-15(25-17)13-6-5-12(18)9-14(13)19/h5-6,9-11H,4,7-8H2,1-3H3,(H,20,23). The van der Waals surface area contributed by atoms with Gasteiger partial charge >= 0.3 is 6.03 Å². The Balaban J connectivity index is 2.41. The highest BCUT2D eigenvalue weighted by molar-refractivity contribution is 7.12. The lowest BCUT2D eigenvalue weighted by Crippen LogP contribution is -2.31. The lowest BCUT2D eigenvalue weighted by Gasteiger charge is -2.07. The van der Waals surface area contributed by atoms with Crippen molar-refractivity contribution < 1.29 is 18.3 Å². The highest BCUT2D eigenvalue weighted by atomic mass is 32.1. The minimum absolute atomic E-state index is 0.0117. The number of aromatic nitrogens is 1. The van der Waals surface area contributed by atoms with E-state index in [1.54, 1.807) is 17.9 Å². The maximum atomic E-state index is 14.0. The second kappa shape index (κ2) is 8.87. The van der Waals surface area contributed by atoms with Gasteiger partial charge in [-0.15, -0.1) is 0 Å².